The Hall–Kier alpha value is -2.83. The van der Waals surface area contributed by atoms with Gasteiger partial charge in [0.15, 0.2) is 12.3 Å². The van der Waals surface area contributed by atoms with Crippen LogP contribution in [-0.4, -0.2) is 30.9 Å². The first-order valence-electron chi connectivity index (χ1n) is 8.03. The summed E-state index contributed by atoms with van der Waals surface area (Å²) in [7, 11) is 0. The first kappa shape index (κ1) is 18.0. The maximum atomic E-state index is 14.8. The molecule has 1 N–H and O–H groups in total. The molecule has 1 aliphatic heterocycles. The Balaban J connectivity index is 1.97. The van der Waals surface area contributed by atoms with Crippen molar-refractivity contribution in [3.8, 4) is 0 Å². The van der Waals surface area contributed by atoms with Gasteiger partial charge in [-0.15, -0.1) is 0 Å². The highest BCUT2D eigenvalue weighted by Crippen LogP contribution is 2.38. The molecule has 4 nitrogen and oxygen atoms in total. The van der Waals surface area contributed by atoms with E-state index in [1.165, 1.54) is 31.2 Å². The zero-order valence-electron chi connectivity index (χ0n) is 14.0. The average molecular weight is 362 g/mol. The molecule has 0 aromatic heterocycles. The second-order valence-electron chi connectivity index (χ2n) is 6.08. The summed E-state index contributed by atoms with van der Waals surface area (Å²) in [5.41, 5.74) is -1.45. The van der Waals surface area contributed by atoms with Gasteiger partial charge in [0.1, 0.15) is 18.0 Å². The van der Waals surface area contributed by atoms with Gasteiger partial charge >= 0.3 is 0 Å². The lowest BCUT2D eigenvalue weighted by Gasteiger charge is -2.38. The lowest BCUT2D eigenvalue weighted by atomic mass is 9.84. The molecule has 3 rings (SSSR count). The summed E-state index contributed by atoms with van der Waals surface area (Å²) >= 11 is 0. The molecule has 0 radical (unpaired) electrons. The zero-order valence-corrected chi connectivity index (χ0v) is 14.0. The summed E-state index contributed by atoms with van der Waals surface area (Å²) in [6, 6.07) is 13.4. The van der Waals surface area contributed by atoms with Gasteiger partial charge in [0.05, 0.1) is 0 Å². The van der Waals surface area contributed by atoms with Gasteiger partial charge in [0.2, 0.25) is 0 Å². The van der Waals surface area contributed by atoms with Crippen molar-refractivity contribution in [2.45, 2.75) is 24.7 Å². The third-order valence-corrected chi connectivity index (χ3v) is 4.29. The molecule has 1 aliphatic rings. The van der Waals surface area contributed by atoms with Crippen LogP contribution in [0.1, 0.15) is 22.8 Å². The van der Waals surface area contributed by atoms with E-state index in [9.17, 15) is 18.0 Å². The van der Waals surface area contributed by atoms with E-state index in [0.29, 0.717) is 5.56 Å². The minimum absolute atomic E-state index is 0.0410. The van der Waals surface area contributed by atoms with Crippen molar-refractivity contribution in [3.63, 3.8) is 0 Å². The standard InChI is InChI=1S/C19H17F3N2O2/c1-19(13-9-5-6-10-14(13)21)16(22)15(11-20)26-18(24-19)23-17(25)12-7-3-2-4-8-12/h2-10,15-16H,11H2,1H3,(H,23,24,25)/t15-,16-,19+/m0/s1. The fourth-order valence-corrected chi connectivity index (χ4v) is 2.87. The van der Waals surface area contributed by atoms with Gasteiger partial charge in [0, 0.05) is 11.1 Å². The van der Waals surface area contributed by atoms with E-state index in [1.807, 2.05) is 0 Å². The van der Waals surface area contributed by atoms with E-state index in [0.717, 1.165) is 0 Å². The van der Waals surface area contributed by atoms with Crippen LogP contribution in [0.2, 0.25) is 0 Å². The van der Waals surface area contributed by atoms with Gasteiger partial charge in [-0.1, -0.05) is 36.4 Å². The van der Waals surface area contributed by atoms with Crippen LogP contribution < -0.4 is 5.32 Å². The Morgan fingerprint density at radius 3 is 2.50 bits per heavy atom. The number of amidine groups is 1. The number of carbonyl (C=O) groups excluding carboxylic acids is 1. The summed E-state index contributed by atoms with van der Waals surface area (Å²) in [5.74, 6) is -1.22. The number of nitrogens with zero attached hydrogens (tertiary/aromatic N) is 1. The predicted molar refractivity (Wildman–Crippen MR) is 90.8 cm³/mol. The molecule has 0 spiro atoms. The molecular weight excluding hydrogens is 345 g/mol. The molecule has 2 aromatic rings. The molecule has 2 aromatic carbocycles. The van der Waals surface area contributed by atoms with Crippen molar-refractivity contribution < 1.29 is 22.7 Å². The van der Waals surface area contributed by atoms with Gasteiger partial charge < -0.3 is 4.74 Å². The van der Waals surface area contributed by atoms with Crippen LogP contribution in [0.3, 0.4) is 0 Å². The van der Waals surface area contributed by atoms with E-state index in [1.54, 1.807) is 30.3 Å². The van der Waals surface area contributed by atoms with E-state index >= 15 is 0 Å². The largest absolute Gasteiger partial charge is 0.456 e. The van der Waals surface area contributed by atoms with Crippen LogP contribution in [0, 0.1) is 5.82 Å². The fraction of sp³-hybridized carbons (Fsp3) is 0.263. The van der Waals surface area contributed by atoms with Crippen LogP contribution in [0.25, 0.3) is 0 Å². The topological polar surface area (TPSA) is 50.7 Å². The van der Waals surface area contributed by atoms with E-state index in [-0.39, 0.29) is 11.6 Å². The maximum absolute atomic E-state index is 14.8. The lowest BCUT2D eigenvalue weighted by Crippen LogP contribution is -2.52. The maximum Gasteiger partial charge on any atom is 0.293 e. The molecule has 0 unspecified atom stereocenters. The fourth-order valence-electron chi connectivity index (χ4n) is 2.87. The van der Waals surface area contributed by atoms with Crippen molar-refractivity contribution in [3.05, 3.63) is 71.5 Å². The van der Waals surface area contributed by atoms with Crippen molar-refractivity contribution in [1.29, 1.82) is 0 Å². The normalized spacial score (nSPS) is 25.2. The highest BCUT2D eigenvalue weighted by atomic mass is 19.1. The summed E-state index contributed by atoms with van der Waals surface area (Å²) in [5, 5.41) is 2.40. The second kappa shape index (κ2) is 7.19. The van der Waals surface area contributed by atoms with Crippen LogP contribution >= 0.6 is 0 Å². The Labute approximate surface area is 148 Å². The minimum Gasteiger partial charge on any atom is -0.456 e. The molecule has 136 valence electrons. The van der Waals surface area contributed by atoms with Crippen molar-refractivity contribution in [2.75, 3.05) is 6.67 Å². The molecule has 7 heteroatoms. The quantitative estimate of drug-likeness (QED) is 0.908. The van der Waals surface area contributed by atoms with Gasteiger partial charge in [0.25, 0.3) is 11.9 Å². The van der Waals surface area contributed by atoms with Gasteiger partial charge in [-0.05, 0) is 25.1 Å². The number of aliphatic imine (C=N–C) groups is 1. The second-order valence-corrected chi connectivity index (χ2v) is 6.08. The van der Waals surface area contributed by atoms with Crippen LogP contribution in [0.15, 0.2) is 59.6 Å². The summed E-state index contributed by atoms with van der Waals surface area (Å²) in [6.45, 7) is 0.196. The number of hydrogen-bond acceptors (Lipinski definition) is 3. The number of rotatable bonds is 3. The number of benzene rings is 2. The number of ether oxygens (including phenoxy) is 1. The number of amides is 1. The van der Waals surface area contributed by atoms with E-state index in [2.05, 4.69) is 10.3 Å². The number of nitrogens with one attached hydrogen (secondary N) is 1. The lowest BCUT2D eigenvalue weighted by molar-refractivity contribution is 0.00201. The molecular formula is C19H17F3N2O2. The Kier molecular flexibility index (Phi) is 4.97. The number of hydrogen-bond donors (Lipinski definition) is 1. The smallest absolute Gasteiger partial charge is 0.293 e. The van der Waals surface area contributed by atoms with Gasteiger partial charge in [-0.25, -0.2) is 18.2 Å². The van der Waals surface area contributed by atoms with E-state index < -0.39 is 36.2 Å². The molecule has 1 heterocycles. The number of halogens is 3. The van der Waals surface area contributed by atoms with Gasteiger partial charge in [-0.2, -0.15) is 0 Å². The number of carbonyl (C=O) groups is 1. The first-order chi connectivity index (χ1) is 12.5. The summed E-state index contributed by atoms with van der Waals surface area (Å²) < 4.78 is 47.5. The van der Waals surface area contributed by atoms with Crippen molar-refractivity contribution >= 4 is 11.9 Å². The van der Waals surface area contributed by atoms with E-state index in [4.69, 9.17) is 4.74 Å². The molecule has 26 heavy (non-hydrogen) atoms. The SMILES string of the molecule is C[C@]1(c2ccccc2F)N=C(NC(=O)c2ccccc2)O[C@@H](CF)[C@@H]1F. The van der Waals surface area contributed by atoms with Crippen LogP contribution in [0.5, 0.6) is 0 Å². The monoisotopic (exact) mass is 362 g/mol. The summed E-state index contributed by atoms with van der Waals surface area (Å²) in [6.07, 6.45) is -3.44. The molecule has 0 fully saturated rings. The Morgan fingerprint density at radius 1 is 1.19 bits per heavy atom. The van der Waals surface area contributed by atoms with Crippen molar-refractivity contribution in [1.82, 2.24) is 5.32 Å². The molecule has 0 aliphatic carbocycles. The molecule has 0 bridgehead atoms. The molecule has 3 atom stereocenters. The van der Waals surface area contributed by atoms with Gasteiger partial charge in [-0.3, -0.25) is 10.1 Å². The zero-order chi connectivity index (χ0) is 18.7. The third kappa shape index (κ3) is 3.29. The predicted octanol–water partition coefficient (Wildman–Crippen LogP) is 3.53. The highest BCUT2D eigenvalue weighted by Gasteiger charge is 2.48. The van der Waals surface area contributed by atoms with Crippen LogP contribution in [-0.2, 0) is 10.3 Å². The van der Waals surface area contributed by atoms with Crippen LogP contribution in [0.4, 0.5) is 13.2 Å². The Bertz CT molecular complexity index is 829. The summed E-state index contributed by atoms with van der Waals surface area (Å²) in [4.78, 5) is 16.3. The average Bonchev–Trinajstić information content (AvgIpc) is 2.65. The Morgan fingerprint density at radius 2 is 1.85 bits per heavy atom. The first-order valence-corrected chi connectivity index (χ1v) is 8.03. The minimum atomic E-state index is -1.93. The molecule has 1 amide bonds. The molecule has 0 saturated heterocycles. The molecule has 0 saturated carbocycles. The number of alkyl halides is 2. The van der Waals surface area contributed by atoms with Crippen molar-refractivity contribution in [2.24, 2.45) is 4.99 Å². The highest BCUT2D eigenvalue weighted by molar-refractivity contribution is 6.04. The third-order valence-electron chi connectivity index (χ3n) is 4.29.